The lowest BCUT2D eigenvalue weighted by Gasteiger charge is -2.36. The molecule has 0 spiro atoms. The number of likely N-dealkylation sites (tertiary alicyclic amines) is 1. The molecule has 3 aliphatic rings. The smallest absolute Gasteiger partial charge is 0.253 e. The Morgan fingerprint density at radius 1 is 1.00 bits per heavy atom. The van der Waals surface area contributed by atoms with Crippen LogP contribution in [0.5, 0.6) is 0 Å². The van der Waals surface area contributed by atoms with Gasteiger partial charge in [0.2, 0.25) is 5.91 Å². The van der Waals surface area contributed by atoms with Crippen molar-refractivity contribution in [3.8, 4) is 6.07 Å². The second kappa shape index (κ2) is 11.2. The zero-order valence-electron chi connectivity index (χ0n) is 24.7. The number of hydrogen-bond acceptors (Lipinski definition) is 6. The van der Waals surface area contributed by atoms with Gasteiger partial charge < -0.3 is 25.8 Å². The van der Waals surface area contributed by atoms with E-state index in [1.54, 1.807) is 45.2 Å². The van der Waals surface area contributed by atoms with Gasteiger partial charge in [-0.25, -0.2) is 0 Å². The van der Waals surface area contributed by atoms with Gasteiger partial charge in [-0.2, -0.15) is 5.26 Å². The number of amides is 3. The van der Waals surface area contributed by atoms with Crippen LogP contribution in [0.15, 0.2) is 36.4 Å². The Kier molecular flexibility index (Phi) is 7.82. The first kappa shape index (κ1) is 29.3. The van der Waals surface area contributed by atoms with E-state index in [0.29, 0.717) is 42.9 Å². The van der Waals surface area contributed by atoms with Crippen LogP contribution in [0.3, 0.4) is 0 Å². The van der Waals surface area contributed by atoms with Crippen LogP contribution in [-0.2, 0) is 23.1 Å². The fraction of sp³-hybridized carbons (Fsp3) is 0.469. The summed E-state index contributed by atoms with van der Waals surface area (Å²) in [5.74, 6) is 0.115. The molecule has 42 heavy (non-hydrogen) atoms. The lowest BCUT2D eigenvalue weighted by atomic mass is 9.69. The van der Waals surface area contributed by atoms with Crippen molar-refractivity contribution in [2.75, 3.05) is 41.3 Å². The van der Waals surface area contributed by atoms with E-state index >= 15 is 0 Å². The highest BCUT2D eigenvalue weighted by Crippen LogP contribution is 2.47. The van der Waals surface area contributed by atoms with Gasteiger partial charge in [-0.05, 0) is 91.1 Å². The molecule has 0 radical (unpaired) electrons. The maximum atomic E-state index is 13.1. The van der Waals surface area contributed by atoms with Crippen LogP contribution >= 0.6 is 0 Å². The molecule has 3 atom stereocenters. The maximum Gasteiger partial charge on any atom is 0.253 e. The number of aryl methyl sites for hydroxylation is 2. The number of nitriles is 1. The molecule has 0 aromatic heterocycles. The monoisotopic (exact) mass is 569 g/mol. The number of nitrogens with zero attached hydrogens (tertiary/aromatic N) is 4. The minimum absolute atomic E-state index is 0.0386. The number of nitrogens with two attached hydrogens (primary N) is 1. The summed E-state index contributed by atoms with van der Waals surface area (Å²) in [5.41, 5.74) is 10.2. The van der Waals surface area contributed by atoms with Crippen LogP contribution in [0.1, 0.15) is 62.2 Å². The fourth-order valence-electron chi connectivity index (χ4n) is 6.82. The highest BCUT2D eigenvalue weighted by Gasteiger charge is 2.54. The predicted molar refractivity (Wildman–Crippen MR) is 159 cm³/mol. The number of benzene rings is 2. The predicted octanol–water partition coefficient (Wildman–Crippen LogP) is 1.90. The molecule has 220 valence electrons. The molecular formula is C32H39N7O3. The molecule has 3 amide bonds. The second-order valence-electron chi connectivity index (χ2n) is 12.1. The summed E-state index contributed by atoms with van der Waals surface area (Å²) < 4.78 is 0. The molecule has 0 bridgehead atoms. The Balaban J connectivity index is 1.49. The first-order valence-corrected chi connectivity index (χ1v) is 14.5. The Morgan fingerprint density at radius 2 is 1.55 bits per heavy atom. The Labute approximate surface area is 247 Å². The number of rotatable bonds is 8. The van der Waals surface area contributed by atoms with Crippen LogP contribution in [0.2, 0.25) is 0 Å². The first-order valence-electron chi connectivity index (χ1n) is 14.5. The van der Waals surface area contributed by atoms with Crippen molar-refractivity contribution in [2.45, 2.75) is 49.6 Å². The molecule has 2 fully saturated rings. The summed E-state index contributed by atoms with van der Waals surface area (Å²) in [6.45, 7) is 0.488. The van der Waals surface area contributed by atoms with E-state index in [0.717, 1.165) is 35.1 Å². The highest BCUT2D eigenvalue weighted by molar-refractivity contribution is 5.98. The number of nitrogens with one attached hydrogen (secondary N) is 2. The summed E-state index contributed by atoms with van der Waals surface area (Å²) in [6.07, 6.45) is 3.35. The standard InChI is InChI=1S/C32H39N7O3/c1-37(2)29(41)21-7-9-25-19(13-21)5-6-20-14-22(30(42)38(3)4)8-10-26(20)32(25,31(34)35)11-12-36-18-28(40)39-24(17-33)15-23-16-27(23)39/h7-10,13-14,23-24,27,36H,5-6,11-12,15-16,18H2,1-4H3,(H3,34,35)/t23-,24?,27+/m1/s1. The van der Waals surface area contributed by atoms with Crippen molar-refractivity contribution in [1.82, 2.24) is 20.0 Å². The number of carbonyl (C=O) groups is 3. The topological polar surface area (TPSA) is 147 Å². The van der Waals surface area contributed by atoms with Crippen molar-refractivity contribution in [3.63, 3.8) is 0 Å². The third-order valence-electron chi connectivity index (χ3n) is 9.05. The van der Waals surface area contributed by atoms with E-state index in [9.17, 15) is 19.6 Å². The second-order valence-corrected chi connectivity index (χ2v) is 12.1. The first-order chi connectivity index (χ1) is 20.0. The summed E-state index contributed by atoms with van der Waals surface area (Å²) in [7, 11) is 6.85. The number of piperidine rings is 1. The largest absolute Gasteiger partial charge is 0.387 e. The van der Waals surface area contributed by atoms with E-state index in [4.69, 9.17) is 11.1 Å². The molecule has 2 aromatic carbocycles. The lowest BCUT2D eigenvalue weighted by molar-refractivity contribution is -0.131. The average molecular weight is 570 g/mol. The number of fused-ring (bicyclic) bond motifs is 3. The van der Waals surface area contributed by atoms with E-state index in [1.165, 1.54) is 9.80 Å². The molecular weight excluding hydrogens is 530 g/mol. The molecule has 1 heterocycles. The number of hydrogen-bond donors (Lipinski definition) is 3. The highest BCUT2D eigenvalue weighted by atomic mass is 16.2. The fourth-order valence-corrected chi connectivity index (χ4v) is 6.82. The van der Waals surface area contributed by atoms with Crippen molar-refractivity contribution in [2.24, 2.45) is 11.7 Å². The summed E-state index contributed by atoms with van der Waals surface area (Å²) in [5, 5.41) is 21.7. The van der Waals surface area contributed by atoms with E-state index < -0.39 is 5.41 Å². The summed E-state index contributed by atoms with van der Waals surface area (Å²) >= 11 is 0. The van der Waals surface area contributed by atoms with Gasteiger partial charge in [0, 0.05) is 45.4 Å². The lowest BCUT2D eigenvalue weighted by Crippen LogP contribution is -2.46. The van der Waals surface area contributed by atoms with Gasteiger partial charge in [0.1, 0.15) is 11.9 Å². The Bertz CT molecular complexity index is 1420. The Hall–Kier alpha value is -4.23. The van der Waals surface area contributed by atoms with Crippen LogP contribution in [0, 0.1) is 22.7 Å². The van der Waals surface area contributed by atoms with Gasteiger partial charge in [-0.3, -0.25) is 19.8 Å². The summed E-state index contributed by atoms with van der Waals surface area (Å²) in [6, 6.07) is 13.3. The van der Waals surface area contributed by atoms with Crippen molar-refractivity contribution >= 4 is 23.6 Å². The molecule has 1 unspecified atom stereocenters. The Morgan fingerprint density at radius 3 is 2.02 bits per heavy atom. The van der Waals surface area contributed by atoms with E-state index in [-0.39, 0.29) is 42.2 Å². The van der Waals surface area contributed by atoms with Gasteiger partial charge in [0.25, 0.3) is 11.8 Å². The van der Waals surface area contributed by atoms with Crippen molar-refractivity contribution in [1.29, 1.82) is 10.7 Å². The minimum Gasteiger partial charge on any atom is -0.387 e. The quantitative estimate of drug-likeness (QED) is 0.251. The zero-order valence-corrected chi connectivity index (χ0v) is 24.7. The van der Waals surface area contributed by atoms with Gasteiger partial charge in [0.15, 0.2) is 0 Å². The SMILES string of the molecule is CN(C)C(=O)c1ccc2c(c1)CCc1cc(C(=O)N(C)C)ccc1C2(CCNCC(=O)N1C(C#N)C[C@@H]2C[C@@H]21)C(=N)N. The van der Waals surface area contributed by atoms with E-state index in [1.807, 2.05) is 24.3 Å². The van der Waals surface area contributed by atoms with Crippen LogP contribution < -0.4 is 11.1 Å². The third kappa shape index (κ3) is 5.02. The normalized spacial score (nSPS) is 21.2. The van der Waals surface area contributed by atoms with Gasteiger partial charge >= 0.3 is 0 Å². The molecule has 4 N–H and O–H groups in total. The molecule has 1 saturated heterocycles. The molecule has 5 rings (SSSR count). The number of carbonyl (C=O) groups excluding carboxylic acids is 3. The molecule has 10 heteroatoms. The van der Waals surface area contributed by atoms with Gasteiger partial charge in [-0.15, -0.1) is 0 Å². The maximum absolute atomic E-state index is 13.1. The number of amidine groups is 1. The average Bonchev–Trinajstić information content (AvgIpc) is 3.66. The van der Waals surface area contributed by atoms with Crippen molar-refractivity contribution < 1.29 is 14.4 Å². The van der Waals surface area contributed by atoms with Crippen LogP contribution in [0.25, 0.3) is 0 Å². The zero-order chi connectivity index (χ0) is 30.3. The minimum atomic E-state index is -1.03. The third-order valence-corrected chi connectivity index (χ3v) is 9.05. The van der Waals surface area contributed by atoms with Crippen LogP contribution in [0.4, 0.5) is 0 Å². The molecule has 10 nitrogen and oxygen atoms in total. The van der Waals surface area contributed by atoms with Gasteiger partial charge in [-0.1, -0.05) is 12.1 Å². The van der Waals surface area contributed by atoms with Crippen LogP contribution in [-0.4, -0.2) is 91.6 Å². The molecule has 2 aliphatic carbocycles. The molecule has 1 aliphatic heterocycles. The van der Waals surface area contributed by atoms with Crippen molar-refractivity contribution in [3.05, 3.63) is 69.8 Å². The van der Waals surface area contributed by atoms with E-state index in [2.05, 4.69) is 11.4 Å². The summed E-state index contributed by atoms with van der Waals surface area (Å²) in [4.78, 5) is 43.5. The molecule has 1 saturated carbocycles. The van der Waals surface area contributed by atoms with Gasteiger partial charge in [0.05, 0.1) is 18.0 Å². The molecule has 2 aromatic rings.